The molecule has 0 aliphatic rings. The van der Waals surface area contributed by atoms with Crippen molar-refractivity contribution in [3.63, 3.8) is 0 Å². The van der Waals surface area contributed by atoms with Crippen molar-refractivity contribution in [2.75, 3.05) is 0 Å². The quantitative estimate of drug-likeness (QED) is 0.144. The molecule has 0 radical (unpaired) electrons. The van der Waals surface area contributed by atoms with Gasteiger partial charge in [-0.15, -0.1) is 11.3 Å². The Morgan fingerprint density at radius 3 is 0.787 bits per heavy atom. The first kappa shape index (κ1) is 43.1. The van der Waals surface area contributed by atoms with E-state index in [4.69, 9.17) is 0 Å². The first-order valence-corrected chi connectivity index (χ1v) is 26.5. The first-order valence-electron chi connectivity index (χ1n) is 25.7. The monoisotopic (exact) mass is 970 g/mol. The highest BCUT2D eigenvalue weighted by Crippen LogP contribution is 2.49. The standard InChI is InChI=1S/C72H46N2S/c1-7-19-47(20-8-1)53-31-35-65-63(45-53)69-67(73(65)59-41-55(49-23-11-3-12-24-49)39-56(42-59)50-25-13-4-14-26-50)37-33-61-62-34-38-68-70(72(62)75-71(61)69)64-46-54(48-21-9-2-10-22-48)32-36-66(64)74(68)60-43-57(51-27-15-5-16-28-51)40-58(44-60)52-29-17-6-18-30-52/h1-46H. The smallest absolute Gasteiger partial charge is 0.0555 e. The Morgan fingerprint density at radius 1 is 0.200 bits per heavy atom. The van der Waals surface area contributed by atoms with Gasteiger partial charge in [0, 0.05) is 53.1 Å². The molecule has 0 saturated heterocycles. The molecule has 0 spiro atoms. The zero-order chi connectivity index (χ0) is 49.4. The maximum atomic E-state index is 2.51. The lowest BCUT2D eigenvalue weighted by molar-refractivity contribution is 1.18. The van der Waals surface area contributed by atoms with Crippen LogP contribution in [0.25, 0.3) is 142 Å². The molecular formula is C72H46N2S. The molecule has 0 saturated carbocycles. The molecule has 15 aromatic rings. The number of thiophene rings is 1. The Kier molecular flexibility index (Phi) is 10.1. The summed E-state index contributed by atoms with van der Waals surface area (Å²) in [6, 6.07) is 103. The summed E-state index contributed by atoms with van der Waals surface area (Å²) in [6.07, 6.45) is 0. The third-order valence-corrected chi connectivity index (χ3v) is 16.5. The van der Waals surface area contributed by atoms with Gasteiger partial charge in [-0.05, 0) is 140 Å². The fourth-order valence-corrected chi connectivity index (χ4v) is 13.2. The van der Waals surface area contributed by atoms with Gasteiger partial charge < -0.3 is 9.13 Å². The van der Waals surface area contributed by atoms with Gasteiger partial charge in [-0.1, -0.05) is 206 Å². The highest BCUT2D eigenvalue weighted by atomic mass is 32.1. The molecule has 0 atom stereocenters. The van der Waals surface area contributed by atoms with Crippen molar-refractivity contribution in [3.8, 4) is 78.1 Å². The Morgan fingerprint density at radius 2 is 0.480 bits per heavy atom. The van der Waals surface area contributed by atoms with E-state index in [-0.39, 0.29) is 0 Å². The number of hydrogen-bond donors (Lipinski definition) is 0. The summed E-state index contributed by atoms with van der Waals surface area (Å²) in [7, 11) is 0. The maximum Gasteiger partial charge on any atom is 0.0555 e. The normalized spacial score (nSPS) is 11.7. The Hall–Kier alpha value is -9.54. The number of rotatable bonds is 8. The molecule has 0 amide bonds. The number of aromatic nitrogens is 2. The van der Waals surface area contributed by atoms with Crippen molar-refractivity contribution in [2.24, 2.45) is 0 Å². The van der Waals surface area contributed by atoms with Crippen molar-refractivity contribution in [2.45, 2.75) is 0 Å². The molecule has 12 aromatic carbocycles. The Bertz CT molecular complexity index is 4230. The number of fused-ring (bicyclic) bond motifs is 11. The molecule has 0 aliphatic heterocycles. The molecule has 0 fully saturated rings. The van der Waals surface area contributed by atoms with Gasteiger partial charge in [0.1, 0.15) is 0 Å². The van der Waals surface area contributed by atoms with Crippen molar-refractivity contribution in [1.29, 1.82) is 0 Å². The molecule has 0 N–H and O–H groups in total. The van der Waals surface area contributed by atoms with Crippen LogP contribution >= 0.6 is 11.3 Å². The fraction of sp³-hybridized carbons (Fsp3) is 0. The average molecular weight is 971 g/mol. The lowest BCUT2D eigenvalue weighted by atomic mass is 9.98. The van der Waals surface area contributed by atoms with Crippen LogP contribution in [0.3, 0.4) is 0 Å². The van der Waals surface area contributed by atoms with E-state index >= 15 is 0 Å². The van der Waals surface area contributed by atoms with E-state index in [1.807, 2.05) is 11.3 Å². The minimum atomic E-state index is 1.13. The Labute approximate surface area is 438 Å². The van der Waals surface area contributed by atoms with Crippen molar-refractivity contribution < 1.29 is 0 Å². The number of benzene rings is 12. The van der Waals surface area contributed by atoms with E-state index in [1.54, 1.807) is 0 Å². The van der Waals surface area contributed by atoms with Crippen molar-refractivity contribution in [3.05, 3.63) is 279 Å². The van der Waals surface area contributed by atoms with Crippen LogP contribution in [0.2, 0.25) is 0 Å². The summed E-state index contributed by atoms with van der Waals surface area (Å²) in [4.78, 5) is 0. The highest BCUT2D eigenvalue weighted by Gasteiger charge is 2.23. The molecule has 75 heavy (non-hydrogen) atoms. The summed E-state index contributed by atoms with van der Waals surface area (Å²) >= 11 is 1.94. The van der Waals surface area contributed by atoms with Gasteiger partial charge in [0.2, 0.25) is 0 Å². The molecular weight excluding hydrogens is 925 g/mol. The number of nitrogens with zero attached hydrogens (tertiary/aromatic N) is 2. The zero-order valence-electron chi connectivity index (χ0n) is 40.9. The molecule has 3 heterocycles. The van der Waals surface area contributed by atoms with Gasteiger partial charge in [0.05, 0.1) is 22.1 Å². The van der Waals surface area contributed by atoms with Crippen LogP contribution in [-0.2, 0) is 0 Å². The second-order valence-corrected chi connectivity index (χ2v) is 20.7. The minimum Gasteiger partial charge on any atom is -0.309 e. The van der Waals surface area contributed by atoms with Crippen LogP contribution in [0, 0.1) is 0 Å². The molecule has 3 aromatic heterocycles. The van der Waals surface area contributed by atoms with Crippen LogP contribution < -0.4 is 0 Å². The molecule has 0 bridgehead atoms. The fourth-order valence-electron chi connectivity index (χ4n) is 11.7. The molecule has 350 valence electrons. The average Bonchev–Trinajstić information content (AvgIpc) is 4.24. The van der Waals surface area contributed by atoms with Crippen molar-refractivity contribution in [1.82, 2.24) is 9.13 Å². The second-order valence-electron chi connectivity index (χ2n) is 19.6. The van der Waals surface area contributed by atoms with Gasteiger partial charge in [-0.2, -0.15) is 0 Å². The topological polar surface area (TPSA) is 9.86 Å². The summed E-state index contributed by atoms with van der Waals surface area (Å²) < 4.78 is 7.62. The lowest BCUT2D eigenvalue weighted by Crippen LogP contribution is -1.96. The lowest BCUT2D eigenvalue weighted by Gasteiger charge is -2.14. The molecule has 15 rings (SSSR count). The third kappa shape index (κ3) is 7.23. The molecule has 0 aliphatic carbocycles. The van der Waals surface area contributed by atoms with E-state index in [0.29, 0.717) is 0 Å². The van der Waals surface area contributed by atoms with Gasteiger partial charge >= 0.3 is 0 Å². The summed E-state index contributed by atoms with van der Waals surface area (Å²) in [5.74, 6) is 0. The van der Waals surface area contributed by atoms with Gasteiger partial charge in [-0.25, -0.2) is 0 Å². The predicted octanol–water partition coefficient (Wildman–Crippen LogP) is 20.3. The zero-order valence-corrected chi connectivity index (χ0v) is 41.7. The van der Waals surface area contributed by atoms with Crippen LogP contribution in [0.5, 0.6) is 0 Å². The van der Waals surface area contributed by atoms with E-state index in [2.05, 4.69) is 288 Å². The number of hydrogen-bond acceptors (Lipinski definition) is 1. The summed E-state index contributed by atoms with van der Waals surface area (Å²) in [5, 5.41) is 7.58. The van der Waals surface area contributed by atoms with Crippen LogP contribution in [0.15, 0.2) is 279 Å². The predicted molar refractivity (Wildman–Crippen MR) is 321 cm³/mol. The van der Waals surface area contributed by atoms with Gasteiger partial charge in [0.15, 0.2) is 0 Å². The van der Waals surface area contributed by atoms with Crippen LogP contribution in [0.1, 0.15) is 0 Å². The first-order chi connectivity index (χ1) is 37.2. The van der Waals surface area contributed by atoms with E-state index in [0.717, 1.165) is 11.4 Å². The van der Waals surface area contributed by atoms with E-state index in [1.165, 1.54) is 131 Å². The van der Waals surface area contributed by atoms with Crippen LogP contribution in [0.4, 0.5) is 0 Å². The minimum absolute atomic E-state index is 1.13. The van der Waals surface area contributed by atoms with E-state index in [9.17, 15) is 0 Å². The van der Waals surface area contributed by atoms with Gasteiger partial charge in [0.25, 0.3) is 0 Å². The summed E-state index contributed by atoms with van der Waals surface area (Å²) in [6.45, 7) is 0. The maximum absolute atomic E-state index is 2.51. The van der Waals surface area contributed by atoms with Crippen molar-refractivity contribution >= 4 is 75.1 Å². The van der Waals surface area contributed by atoms with Crippen LogP contribution in [-0.4, -0.2) is 9.13 Å². The van der Waals surface area contributed by atoms with Gasteiger partial charge in [-0.3, -0.25) is 0 Å². The Balaban J connectivity index is 1.04. The second kappa shape index (κ2) is 17.6. The summed E-state index contributed by atoms with van der Waals surface area (Å²) in [5.41, 5.74) is 21.3. The molecule has 3 heteroatoms. The van der Waals surface area contributed by atoms with E-state index < -0.39 is 0 Å². The third-order valence-electron chi connectivity index (χ3n) is 15.3. The SMILES string of the molecule is c1ccc(-c2cc(-c3ccccc3)cc(-n3c4ccc(-c5ccccc5)cc4c4c5sc6c(ccc7c6c6cc(-c8ccccc8)ccc6n7-c6cc(-c7ccccc7)cc(-c7ccccc7)c6)c5ccc43)c2)cc1. The molecule has 0 unspecified atom stereocenters. The largest absolute Gasteiger partial charge is 0.309 e. The molecule has 2 nitrogen and oxygen atoms in total. The highest BCUT2D eigenvalue weighted by molar-refractivity contribution is 7.27.